The Hall–Kier alpha value is -2.75. The number of amides is 1. The molecule has 1 aromatic heterocycles. The summed E-state index contributed by atoms with van der Waals surface area (Å²) in [5, 5.41) is 5.87. The molecule has 6 nitrogen and oxygen atoms in total. The molecule has 0 saturated carbocycles. The van der Waals surface area contributed by atoms with Gasteiger partial charge in [-0.05, 0) is 77.0 Å². The van der Waals surface area contributed by atoms with Crippen LogP contribution in [-0.4, -0.2) is 18.7 Å². The Kier molecular flexibility index (Phi) is 7.97. The van der Waals surface area contributed by atoms with Crippen molar-refractivity contribution in [3.05, 3.63) is 91.2 Å². The number of ether oxygens (including phenoxy) is 2. The number of furan rings is 1. The second-order valence-electron chi connectivity index (χ2n) is 7.15. The lowest BCUT2D eigenvalue weighted by molar-refractivity contribution is 0.0929. The molecule has 9 heteroatoms. The number of halogens is 3. The van der Waals surface area contributed by atoms with Crippen LogP contribution in [0.3, 0.4) is 0 Å². The molecule has 0 fully saturated rings. The molecule has 0 aliphatic heterocycles. The fourth-order valence-electron chi connectivity index (χ4n) is 3.16. The highest BCUT2D eigenvalue weighted by molar-refractivity contribution is 14.1. The van der Waals surface area contributed by atoms with E-state index in [9.17, 15) is 4.79 Å². The van der Waals surface area contributed by atoms with Gasteiger partial charge in [-0.2, -0.15) is 5.10 Å². The van der Waals surface area contributed by atoms with Crippen LogP contribution in [0.15, 0.2) is 70.2 Å². The molecule has 1 heterocycles. The lowest BCUT2D eigenvalue weighted by Gasteiger charge is -2.15. The Bertz CT molecular complexity index is 1340. The first-order valence-electron chi connectivity index (χ1n) is 10.3. The van der Waals surface area contributed by atoms with E-state index < -0.39 is 5.91 Å². The van der Waals surface area contributed by atoms with Gasteiger partial charge in [0.25, 0.3) is 0 Å². The summed E-state index contributed by atoms with van der Waals surface area (Å²) < 4.78 is 18.2. The number of nitrogens with zero attached hydrogens (tertiary/aromatic N) is 1. The van der Waals surface area contributed by atoms with Crippen LogP contribution in [0.25, 0.3) is 11.0 Å². The van der Waals surface area contributed by atoms with Gasteiger partial charge >= 0.3 is 5.91 Å². The van der Waals surface area contributed by atoms with Crippen molar-refractivity contribution in [3.8, 4) is 11.5 Å². The van der Waals surface area contributed by atoms with Crippen molar-refractivity contribution in [2.75, 3.05) is 6.61 Å². The van der Waals surface area contributed by atoms with Gasteiger partial charge < -0.3 is 13.9 Å². The summed E-state index contributed by atoms with van der Waals surface area (Å²) in [6, 6.07) is 18.1. The number of hydrazone groups is 1. The van der Waals surface area contributed by atoms with Gasteiger partial charge in [0.05, 0.1) is 26.4 Å². The zero-order valence-corrected chi connectivity index (χ0v) is 21.6. The lowest BCUT2D eigenvalue weighted by Crippen LogP contribution is -2.16. The minimum Gasteiger partial charge on any atom is -0.490 e. The summed E-state index contributed by atoms with van der Waals surface area (Å²) in [5.41, 5.74) is 4.75. The van der Waals surface area contributed by atoms with Gasteiger partial charge in [0.15, 0.2) is 17.3 Å². The van der Waals surface area contributed by atoms with Gasteiger partial charge in [-0.3, -0.25) is 4.79 Å². The van der Waals surface area contributed by atoms with Gasteiger partial charge in [0.2, 0.25) is 0 Å². The number of carbonyl (C=O) groups excluding carboxylic acids is 1. The van der Waals surface area contributed by atoms with Crippen LogP contribution in [0.5, 0.6) is 11.5 Å². The van der Waals surface area contributed by atoms with Crippen LogP contribution in [0.4, 0.5) is 0 Å². The first-order valence-corrected chi connectivity index (χ1v) is 12.1. The molecule has 0 radical (unpaired) electrons. The molecule has 0 spiro atoms. The molecule has 174 valence electrons. The van der Waals surface area contributed by atoms with E-state index in [1.54, 1.807) is 30.3 Å². The molecule has 0 bridgehead atoms. The quantitative estimate of drug-likeness (QED) is 0.132. The molecule has 0 aliphatic rings. The fourth-order valence-corrected chi connectivity index (χ4v) is 4.27. The van der Waals surface area contributed by atoms with Crippen LogP contribution >= 0.6 is 45.8 Å². The minimum atomic E-state index is -0.436. The zero-order chi connectivity index (χ0) is 24.1. The van der Waals surface area contributed by atoms with E-state index in [1.165, 1.54) is 6.21 Å². The van der Waals surface area contributed by atoms with E-state index in [1.807, 2.05) is 37.3 Å². The molecular formula is C25H19Cl2IN2O4. The maximum atomic E-state index is 12.4. The number of para-hydroxylation sites is 1. The molecule has 0 aliphatic carbocycles. The molecule has 1 N–H and O–H groups in total. The number of hydrogen-bond acceptors (Lipinski definition) is 5. The molecule has 3 aromatic carbocycles. The Morgan fingerprint density at radius 2 is 1.91 bits per heavy atom. The Labute approximate surface area is 220 Å². The van der Waals surface area contributed by atoms with Crippen molar-refractivity contribution in [1.82, 2.24) is 5.43 Å². The van der Waals surface area contributed by atoms with Crippen molar-refractivity contribution < 1.29 is 18.7 Å². The number of benzene rings is 3. The number of hydrogen-bond donors (Lipinski definition) is 1. The predicted octanol–water partition coefficient (Wildman–Crippen LogP) is 7.09. The average molecular weight is 609 g/mol. The van der Waals surface area contributed by atoms with Gasteiger partial charge in [-0.15, -0.1) is 0 Å². The van der Waals surface area contributed by atoms with Gasteiger partial charge in [0.1, 0.15) is 12.2 Å². The molecule has 4 aromatic rings. The van der Waals surface area contributed by atoms with Crippen LogP contribution in [0.1, 0.15) is 28.6 Å². The van der Waals surface area contributed by atoms with Crippen molar-refractivity contribution in [1.29, 1.82) is 0 Å². The summed E-state index contributed by atoms with van der Waals surface area (Å²) in [5.74, 6) is 0.930. The van der Waals surface area contributed by atoms with E-state index in [4.69, 9.17) is 37.1 Å². The fraction of sp³-hybridized carbons (Fsp3) is 0.120. The number of rotatable bonds is 8. The SMILES string of the molecule is CCOc1cc(/C=N/NC(=O)c2cc3ccccc3o2)cc(I)c1OCc1ccc(Cl)c(Cl)c1. The summed E-state index contributed by atoms with van der Waals surface area (Å²) in [6.45, 7) is 2.65. The van der Waals surface area contributed by atoms with Crippen molar-refractivity contribution in [3.63, 3.8) is 0 Å². The Balaban J connectivity index is 1.46. The standard InChI is InChI=1S/C25H19Cl2IN2O4/c1-2-32-22-11-16(10-20(28)24(22)33-14-15-7-8-18(26)19(27)9-15)13-29-30-25(31)23-12-17-5-3-4-6-21(17)34-23/h3-13H,2,14H2,1H3,(H,30,31)/b29-13+. The molecular weight excluding hydrogens is 590 g/mol. The summed E-state index contributed by atoms with van der Waals surface area (Å²) in [6.07, 6.45) is 1.54. The average Bonchev–Trinajstić information content (AvgIpc) is 3.25. The first kappa shape index (κ1) is 24.4. The number of fused-ring (bicyclic) bond motifs is 1. The van der Waals surface area contributed by atoms with Gasteiger partial charge in [-0.25, -0.2) is 5.43 Å². The Morgan fingerprint density at radius 1 is 1.09 bits per heavy atom. The van der Waals surface area contributed by atoms with Crippen LogP contribution in [0.2, 0.25) is 10.0 Å². The molecule has 0 atom stereocenters. The normalized spacial score (nSPS) is 11.2. The number of nitrogens with one attached hydrogen (secondary N) is 1. The molecule has 0 unspecified atom stereocenters. The van der Waals surface area contributed by atoms with Crippen molar-refractivity contribution in [2.24, 2.45) is 5.10 Å². The lowest BCUT2D eigenvalue weighted by atomic mass is 10.2. The highest BCUT2D eigenvalue weighted by Gasteiger charge is 2.14. The predicted molar refractivity (Wildman–Crippen MR) is 142 cm³/mol. The first-order chi connectivity index (χ1) is 16.4. The maximum absolute atomic E-state index is 12.4. The highest BCUT2D eigenvalue weighted by Crippen LogP contribution is 2.35. The summed E-state index contributed by atoms with van der Waals surface area (Å²) >= 11 is 14.3. The number of carbonyl (C=O) groups is 1. The summed E-state index contributed by atoms with van der Waals surface area (Å²) in [4.78, 5) is 12.4. The third-order valence-corrected chi connectivity index (χ3v) is 6.27. The maximum Gasteiger partial charge on any atom is 0.307 e. The van der Waals surface area contributed by atoms with Gasteiger partial charge in [-0.1, -0.05) is 47.5 Å². The highest BCUT2D eigenvalue weighted by atomic mass is 127. The van der Waals surface area contributed by atoms with Crippen LogP contribution < -0.4 is 14.9 Å². The van der Waals surface area contributed by atoms with Crippen molar-refractivity contribution in [2.45, 2.75) is 13.5 Å². The zero-order valence-electron chi connectivity index (χ0n) is 18.0. The van der Waals surface area contributed by atoms with Gasteiger partial charge in [0, 0.05) is 5.39 Å². The van der Waals surface area contributed by atoms with Crippen LogP contribution in [-0.2, 0) is 6.61 Å². The van der Waals surface area contributed by atoms with E-state index in [0.29, 0.717) is 40.3 Å². The second kappa shape index (κ2) is 11.1. The molecule has 0 saturated heterocycles. The smallest absolute Gasteiger partial charge is 0.307 e. The van der Waals surface area contributed by atoms with Crippen molar-refractivity contribution >= 4 is 68.9 Å². The molecule has 34 heavy (non-hydrogen) atoms. The van der Waals surface area contributed by atoms with Crippen LogP contribution in [0, 0.1) is 3.57 Å². The Morgan fingerprint density at radius 3 is 2.68 bits per heavy atom. The van der Waals surface area contributed by atoms with E-state index in [0.717, 1.165) is 20.1 Å². The van der Waals surface area contributed by atoms with E-state index >= 15 is 0 Å². The summed E-state index contributed by atoms with van der Waals surface area (Å²) in [7, 11) is 0. The third kappa shape index (κ3) is 5.84. The molecule has 1 amide bonds. The minimum absolute atomic E-state index is 0.189. The monoisotopic (exact) mass is 608 g/mol. The topological polar surface area (TPSA) is 73.1 Å². The molecule has 4 rings (SSSR count). The third-order valence-electron chi connectivity index (χ3n) is 4.73. The van der Waals surface area contributed by atoms with E-state index in [-0.39, 0.29) is 5.76 Å². The largest absolute Gasteiger partial charge is 0.490 e. The second-order valence-corrected chi connectivity index (χ2v) is 9.12. The van der Waals surface area contributed by atoms with E-state index in [2.05, 4.69) is 33.1 Å².